The molecule has 0 radical (unpaired) electrons. The van der Waals surface area contributed by atoms with Gasteiger partial charge in [0.15, 0.2) is 5.16 Å². The van der Waals surface area contributed by atoms with E-state index < -0.39 is 0 Å². The van der Waals surface area contributed by atoms with Crippen molar-refractivity contribution in [3.05, 3.63) is 17.1 Å². The third-order valence-corrected chi connectivity index (χ3v) is 4.46. The van der Waals surface area contributed by atoms with Gasteiger partial charge in [0.25, 0.3) is 0 Å². The van der Waals surface area contributed by atoms with Crippen LogP contribution in [0.4, 0.5) is 0 Å². The summed E-state index contributed by atoms with van der Waals surface area (Å²) in [6.07, 6.45) is 0. The van der Waals surface area contributed by atoms with Crippen molar-refractivity contribution >= 4 is 11.8 Å². The Kier molecular flexibility index (Phi) is 4.49. The summed E-state index contributed by atoms with van der Waals surface area (Å²) in [5.74, 6) is 0.910. The van der Waals surface area contributed by atoms with Gasteiger partial charge in [-0.1, -0.05) is 13.8 Å². The maximum Gasteiger partial charge on any atom is 0.197 e. The maximum absolute atomic E-state index is 4.52. The Morgan fingerprint density at radius 1 is 1.20 bits per heavy atom. The number of nitrogens with zero attached hydrogens (tertiary/aromatic N) is 5. The third-order valence-electron chi connectivity index (χ3n) is 3.22. The molecule has 2 heterocycles. The third kappa shape index (κ3) is 3.04. The van der Waals surface area contributed by atoms with Gasteiger partial charge >= 0.3 is 0 Å². The fourth-order valence-corrected chi connectivity index (χ4v) is 2.92. The van der Waals surface area contributed by atoms with Crippen LogP contribution < -0.4 is 5.32 Å². The van der Waals surface area contributed by atoms with E-state index >= 15 is 0 Å². The molecule has 6 nitrogen and oxygen atoms in total. The molecule has 7 heteroatoms. The van der Waals surface area contributed by atoms with Crippen LogP contribution in [-0.4, -0.2) is 30.6 Å². The molecule has 0 aliphatic rings. The molecule has 0 atom stereocenters. The van der Waals surface area contributed by atoms with Crippen LogP contribution in [0.2, 0.25) is 0 Å². The molecule has 0 aliphatic heterocycles. The largest absolute Gasteiger partial charge is 0.310 e. The zero-order valence-corrected chi connectivity index (χ0v) is 13.7. The number of aryl methyl sites for hydroxylation is 3. The predicted molar refractivity (Wildman–Crippen MR) is 79.8 cm³/mol. The van der Waals surface area contributed by atoms with Gasteiger partial charge in [-0.2, -0.15) is 5.10 Å². The highest BCUT2D eigenvalue weighted by atomic mass is 32.2. The number of rotatable bonds is 5. The van der Waals surface area contributed by atoms with Crippen molar-refractivity contribution in [1.29, 1.82) is 0 Å². The van der Waals surface area contributed by atoms with Crippen LogP contribution in [0.1, 0.15) is 30.9 Å². The molecule has 0 fully saturated rings. The Balaban J connectivity index is 2.28. The van der Waals surface area contributed by atoms with E-state index in [9.17, 15) is 0 Å². The standard InChI is InChI=1S/C13H22N6S/c1-8(2)14-7-11-9(3)17-19(6)12(11)20-13-16-15-10(4)18(13)5/h8,14H,7H2,1-6H3. The number of aromatic nitrogens is 5. The minimum absolute atomic E-state index is 0.449. The lowest BCUT2D eigenvalue weighted by atomic mass is 10.2. The van der Waals surface area contributed by atoms with Crippen LogP contribution in [0.25, 0.3) is 0 Å². The van der Waals surface area contributed by atoms with Gasteiger partial charge in [-0.3, -0.25) is 4.68 Å². The summed E-state index contributed by atoms with van der Waals surface area (Å²) in [5, 5.41) is 18.3. The molecular formula is C13H22N6S. The Labute approximate surface area is 124 Å². The second-order valence-corrected chi connectivity index (χ2v) is 6.18. The molecule has 110 valence electrons. The summed E-state index contributed by atoms with van der Waals surface area (Å²) in [6.45, 7) is 9.10. The molecule has 0 unspecified atom stereocenters. The molecule has 0 amide bonds. The predicted octanol–water partition coefficient (Wildman–Crippen LogP) is 1.81. The van der Waals surface area contributed by atoms with Crippen molar-refractivity contribution in [3.63, 3.8) is 0 Å². The van der Waals surface area contributed by atoms with Crippen molar-refractivity contribution in [2.24, 2.45) is 14.1 Å². The Morgan fingerprint density at radius 2 is 1.90 bits per heavy atom. The van der Waals surface area contributed by atoms with E-state index in [1.165, 1.54) is 5.56 Å². The first-order valence-electron chi connectivity index (χ1n) is 6.69. The van der Waals surface area contributed by atoms with E-state index in [1.807, 2.05) is 37.2 Å². The molecule has 0 spiro atoms. The summed E-state index contributed by atoms with van der Waals surface area (Å²) >= 11 is 1.61. The molecule has 0 aromatic carbocycles. The number of hydrogen-bond donors (Lipinski definition) is 1. The molecule has 1 N–H and O–H groups in total. The topological polar surface area (TPSA) is 60.6 Å². The minimum atomic E-state index is 0.449. The van der Waals surface area contributed by atoms with Gasteiger partial charge in [0.1, 0.15) is 10.9 Å². The van der Waals surface area contributed by atoms with E-state index in [1.54, 1.807) is 11.8 Å². The maximum atomic E-state index is 4.52. The summed E-state index contributed by atoms with van der Waals surface area (Å²) in [7, 11) is 3.95. The van der Waals surface area contributed by atoms with Gasteiger partial charge in [0.05, 0.1) is 5.69 Å². The first-order valence-corrected chi connectivity index (χ1v) is 7.51. The lowest BCUT2D eigenvalue weighted by molar-refractivity contribution is 0.580. The Bertz CT molecular complexity index is 598. The van der Waals surface area contributed by atoms with Gasteiger partial charge in [0.2, 0.25) is 0 Å². The van der Waals surface area contributed by atoms with Crippen molar-refractivity contribution in [2.45, 2.75) is 50.5 Å². The van der Waals surface area contributed by atoms with Crippen molar-refractivity contribution in [2.75, 3.05) is 0 Å². The fourth-order valence-electron chi connectivity index (χ4n) is 1.88. The zero-order chi connectivity index (χ0) is 14.9. The first-order chi connectivity index (χ1) is 9.40. The SMILES string of the molecule is Cc1nn(C)c(Sc2nnc(C)n2C)c1CNC(C)C. The summed E-state index contributed by atoms with van der Waals surface area (Å²) in [5.41, 5.74) is 2.29. The van der Waals surface area contributed by atoms with Crippen LogP contribution in [0.3, 0.4) is 0 Å². The molecule has 2 aromatic heterocycles. The van der Waals surface area contributed by atoms with Crippen LogP contribution in [0.5, 0.6) is 0 Å². The highest BCUT2D eigenvalue weighted by Crippen LogP contribution is 2.30. The smallest absolute Gasteiger partial charge is 0.197 e. The van der Waals surface area contributed by atoms with Crippen LogP contribution in [0, 0.1) is 13.8 Å². The highest BCUT2D eigenvalue weighted by molar-refractivity contribution is 7.99. The molecule has 2 aromatic rings. The zero-order valence-electron chi connectivity index (χ0n) is 12.9. The second-order valence-electron chi connectivity index (χ2n) is 5.22. The number of nitrogens with one attached hydrogen (secondary N) is 1. The van der Waals surface area contributed by atoms with Crippen molar-refractivity contribution < 1.29 is 0 Å². The average Bonchev–Trinajstić information content (AvgIpc) is 2.82. The average molecular weight is 294 g/mol. The monoisotopic (exact) mass is 294 g/mol. The summed E-state index contributed by atoms with van der Waals surface area (Å²) in [6, 6.07) is 0.449. The normalized spacial score (nSPS) is 11.6. The van der Waals surface area contributed by atoms with Gasteiger partial charge in [-0.05, 0) is 25.6 Å². The summed E-state index contributed by atoms with van der Waals surface area (Å²) < 4.78 is 3.91. The molecule has 0 aliphatic carbocycles. The van der Waals surface area contributed by atoms with Gasteiger partial charge in [-0.25, -0.2) is 0 Å². The lowest BCUT2D eigenvalue weighted by Crippen LogP contribution is -2.22. The highest BCUT2D eigenvalue weighted by Gasteiger charge is 2.17. The van der Waals surface area contributed by atoms with Crippen molar-refractivity contribution in [1.82, 2.24) is 29.9 Å². The molecule has 0 saturated heterocycles. The van der Waals surface area contributed by atoms with Gasteiger partial charge in [0, 0.05) is 32.2 Å². The van der Waals surface area contributed by atoms with Gasteiger partial charge < -0.3 is 9.88 Å². The molecule has 0 saturated carbocycles. The van der Waals surface area contributed by atoms with E-state index in [0.717, 1.165) is 28.2 Å². The number of hydrogen-bond acceptors (Lipinski definition) is 5. The van der Waals surface area contributed by atoms with Crippen molar-refractivity contribution in [3.8, 4) is 0 Å². The Hall–Kier alpha value is -1.34. The fraction of sp³-hybridized carbons (Fsp3) is 0.615. The minimum Gasteiger partial charge on any atom is -0.310 e. The first kappa shape index (κ1) is 15.1. The lowest BCUT2D eigenvalue weighted by Gasteiger charge is -2.10. The van der Waals surface area contributed by atoms with Crippen LogP contribution in [-0.2, 0) is 20.6 Å². The molecular weight excluding hydrogens is 272 g/mol. The van der Waals surface area contributed by atoms with E-state index in [-0.39, 0.29) is 0 Å². The van der Waals surface area contributed by atoms with E-state index in [2.05, 4.69) is 34.5 Å². The molecule has 0 bridgehead atoms. The van der Waals surface area contributed by atoms with Crippen LogP contribution in [0.15, 0.2) is 10.2 Å². The van der Waals surface area contributed by atoms with Crippen LogP contribution >= 0.6 is 11.8 Å². The second kappa shape index (κ2) is 5.97. The quantitative estimate of drug-likeness (QED) is 0.911. The summed E-state index contributed by atoms with van der Waals surface area (Å²) in [4.78, 5) is 0. The van der Waals surface area contributed by atoms with E-state index in [4.69, 9.17) is 0 Å². The van der Waals surface area contributed by atoms with Gasteiger partial charge in [-0.15, -0.1) is 10.2 Å². The van der Waals surface area contributed by atoms with E-state index in [0.29, 0.717) is 6.04 Å². The molecule has 20 heavy (non-hydrogen) atoms. The Morgan fingerprint density at radius 3 is 2.45 bits per heavy atom. The molecule has 2 rings (SSSR count).